The first-order valence-electron chi connectivity index (χ1n) is 6.15. The SMILES string of the molecule is CCSCCC(C)NC(CC)c1ccco1. The maximum Gasteiger partial charge on any atom is 0.120 e. The van der Waals surface area contributed by atoms with Crippen LogP contribution in [0.1, 0.15) is 45.4 Å². The third-order valence-corrected chi connectivity index (χ3v) is 3.61. The maximum atomic E-state index is 5.45. The summed E-state index contributed by atoms with van der Waals surface area (Å²) in [4.78, 5) is 0. The lowest BCUT2D eigenvalue weighted by atomic mass is 10.1. The van der Waals surface area contributed by atoms with Crippen molar-refractivity contribution in [1.29, 1.82) is 0 Å². The van der Waals surface area contributed by atoms with Crippen LogP contribution >= 0.6 is 11.8 Å². The van der Waals surface area contributed by atoms with Crippen LogP contribution in [0, 0.1) is 0 Å². The Morgan fingerprint density at radius 1 is 1.44 bits per heavy atom. The Bertz CT molecular complexity index is 261. The van der Waals surface area contributed by atoms with Gasteiger partial charge in [-0.15, -0.1) is 0 Å². The number of thioether (sulfide) groups is 1. The second-order valence-corrected chi connectivity index (χ2v) is 5.42. The normalized spacial score (nSPS) is 14.9. The minimum atomic E-state index is 0.358. The van der Waals surface area contributed by atoms with Gasteiger partial charge in [0.05, 0.1) is 12.3 Å². The highest BCUT2D eigenvalue weighted by molar-refractivity contribution is 7.99. The summed E-state index contributed by atoms with van der Waals surface area (Å²) in [5.41, 5.74) is 0. The number of hydrogen-bond donors (Lipinski definition) is 1. The zero-order valence-electron chi connectivity index (χ0n) is 10.5. The average molecular weight is 241 g/mol. The van der Waals surface area contributed by atoms with E-state index in [0.717, 1.165) is 12.2 Å². The molecule has 3 heteroatoms. The van der Waals surface area contributed by atoms with Crippen LogP contribution in [-0.2, 0) is 0 Å². The topological polar surface area (TPSA) is 25.2 Å². The van der Waals surface area contributed by atoms with Crippen LogP contribution in [0.4, 0.5) is 0 Å². The van der Waals surface area contributed by atoms with Gasteiger partial charge >= 0.3 is 0 Å². The Morgan fingerprint density at radius 3 is 2.81 bits per heavy atom. The van der Waals surface area contributed by atoms with Crippen molar-refractivity contribution in [3.05, 3.63) is 24.2 Å². The maximum absolute atomic E-state index is 5.45. The van der Waals surface area contributed by atoms with Gasteiger partial charge in [0.1, 0.15) is 5.76 Å². The molecule has 1 aromatic heterocycles. The van der Waals surface area contributed by atoms with E-state index in [-0.39, 0.29) is 0 Å². The molecule has 0 aliphatic rings. The smallest absolute Gasteiger partial charge is 0.120 e. The second kappa shape index (κ2) is 7.80. The van der Waals surface area contributed by atoms with E-state index in [0.29, 0.717) is 12.1 Å². The lowest BCUT2D eigenvalue weighted by Gasteiger charge is -2.20. The summed E-state index contributed by atoms with van der Waals surface area (Å²) >= 11 is 2.01. The first-order chi connectivity index (χ1) is 7.77. The van der Waals surface area contributed by atoms with Gasteiger partial charge in [-0.2, -0.15) is 11.8 Å². The van der Waals surface area contributed by atoms with E-state index in [9.17, 15) is 0 Å². The molecule has 1 aromatic rings. The molecule has 0 radical (unpaired) electrons. The second-order valence-electron chi connectivity index (χ2n) is 4.03. The van der Waals surface area contributed by atoms with Crippen molar-refractivity contribution in [3.63, 3.8) is 0 Å². The number of rotatable bonds is 8. The highest BCUT2D eigenvalue weighted by atomic mass is 32.2. The molecule has 0 aliphatic carbocycles. The minimum Gasteiger partial charge on any atom is -0.468 e. The third kappa shape index (κ3) is 4.62. The van der Waals surface area contributed by atoms with Gasteiger partial charge in [-0.05, 0) is 43.4 Å². The van der Waals surface area contributed by atoms with Gasteiger partial charge in [0, 0.05) is 6.04 Å². The Morgan fingerprint density at radius 2 is 2.25 bits per heavy atom. The van der Waals surface area contributed by atoms with Crippen molar-refractivity contribution >= 4 is 11.8 Å². The van der Waals surface area contributed by atoms with Crippen molar-refractivity contribution in [1.82, 2.24) is 5.32 Å². The molecule has 0 saturated heterocycles. The summed E-state index contributed by atoms with van der Waals surface area (Å²) in [7, 11) is 0. The summed E-state index contributed by atoms with van der Waals surface area (Å²) in [5.74, 6) is 3.50. The van der Waals surface area contributed by atoms with Crippen molar-refractivity contribution < 1.29 is 4.42 Å². The molecule has 0 amide bonds. The fraction of sp³-hybridized carbons (Fsp3) is 0.692. The van der Waals surface area contributed by atoms with Crippen LogP contribution in [0.15, 0.2) is 22.8 Å². The molecule has 0 fully saturated rings. The van der Waals surface area contributed by atoms with Gasteiger partial charge in [-0.3, -0.25) is 0 Å². The lowest BCUT2D eigenvalue weighted by molar-refractivity contribution is 0.369. The number of furan rings is 1. The summed E-state index contributed by atoms with van der Waals surface area (Å²) in [6.45, 7) is 6.65. The zero-order valence-corrected chi connectivity index (χ0v) is 11.3. The fourth-order valence-electron chi connectivity index (χ4n) is 1.72. The van der Waals surface area contributed by atoms with Crippen LogP contribution in [0.3, 0.4) is 0 Å². The molecule has 1 rings (SSSR count). The van der Waals surface area contributed by atoms with E-state index in [2.05, 4.69) is 32.2 Å². The molecule has 2 atom stereocenters. The molecule has 0 aliphatic heterocycles. The highest BCUT2D eigenvalue weighted by Crippen LogP contribution is 2.18. The first-order valence-corrected chi connectivity index (χ1v) is 7.30. The largest absolute Gasteiger partial charge is 0.468 e. The predicted molar refractivity (Wildman–Crippen MR) is 72.0 cm³/mol. The van der Waals surface area contributed by atoms with Crippen LogP contribution < -0.4 is 5.32 Å². The Kier molecular flexibility index (Phi) is 6.65. The van der Waals surface area contributed by atoms with Gasteiger partial charge in [0.15, 0.2) is 0 Å². The van der Waals surface area contributed by atoms with E-state index in [1.54, 1.807) is 6.26 Å². The lowest BCUT2D eigenvalue weighted by Crippen LogP contribution is -2.30. The third-order valence-electron chi connectivity index (χ3n) is 2.68. The molecule has 2 unspecified atom stereocenters. The van der Waals surface area contributed by atoms with Gasteiger partial charge in [-0.25, -0.2) is 0 Å². The average Bonchev–Trinajstić information content (AvgIpc) is 2.79. The molecule has 92 valence electrons. The van der Waals surface area contributed by atoms with Crippen molar-refractivity contribution in [2.75, 3.05) is 11.5 Å². The molecule has 2 nitrogen and oxygen atoms in total. The molecular weight excluding hydrogens is 218 g/mol. The molecule has 16 heavy (non-hydrogen) atoms. The van der Waals surface area contributed by atoms with Gasteiger partial charge in [0.25, 0.3) is 0 Å². The molecule has 1 N–H and O–H groups in total. The monoisotopic (exact) mass is 241 g/mol. The zero-order chi connectivity index (χ0) is 11.8. The van der Waals surface area contributed by atoms with Crippen molar-refractivity contribution in [3.8, 4) is 0 Å². The molecular formula is C13H23NOS. The van der Waals surface area contributed by atoms with E-state index >= 15 is 0 Å². The minimum absolute atomic E-state index is 0.358. The first kappa shape index (κ1) is 13.7. The van der Waals surface area contributed by atoms with Crippen molar-refractivity contribution in [2.45, 2.75) is 45.7 Å². The van der Waals surface area contributed by atoms with Crippen LogP contribution in [0.2, 0.25) is 0 Å². The van der Waals surface area contributed by atoms with E-state index in [4.69, 9.17) is 4.42 Å². The Hall–Kier alpha value is -0.410. The van der Waals surface area contributed by atoms with E-state index in [1.165, 1.54) is 17.9 Å². The van der Waals surface area contributed by atoms with E-state index in [1.807, 2.05) is 17.8 Å². The van der Waals surface area contributed by atoms with Crippen LogP contribution in [0.25, 0.3) is 0 Å². The van der Waals surface area contributed by atoms with Gasteiger partial charge in [-0.1, -0.05) is 13.8 Å². The van der Waals surface area contributed by atoms with Crippen LogP contribution in [-0.4, -0.2) is 17.5 Å². The highest BCUT2D eigenvalue weighted by Gasteiger charge is 2.14. The van der Waals surface area contributed by atoms with Crippen molar-refractivity contribution in [2.24, 2.45) is 0 Å². The summed E-state index contributed by atoms with van der Waals surface area (Å²) in [5, 5.41) is 3.62. The van der Waals surface area contributed by atoms with Gasteiger partial charge in [0.2, 0.25) is 0 Å². The molecule has 0 saturated carbocycles. The number of nitrogens with one attached hydrogen (secondary N) is 1. The summed E-state index contributed by atoms with van der Waals surface area (Å²) in [6, 6.07) is 4.91. The molecule has 1 heterocycles. The van der Waals surface area contributed by atoms with Crippen LogP contribution in [0.5, 0.6) is 0 Å². The molecule has 0 bridgehead atoms. The number of hydrogen-bond acceptors (Lipinski definition) is 3. The van der Waals surface area contributed by atoms with Gasteiger partial charge < -0.3 is 9.73 Å². The predicted octanol–water partition coefficient (Wildman–Crippen LogP) is 3.85. The summed E-state index contributed by atoms with van der Waals surface area (Å²) in [6.07, 6.45) is 4.03. The molecule has 0 aromatic carbocycles. The molecule has 0 spiro atoms. The Labute approximate surface area is 103 Å². The summed E-state index contributed by atoms with van der Waals surface area (Å²) < 4.78 is 5.45. The Balaban J connectivity index is 2.33. The standard InChI is InChI=1S/C13H23NOS/c1-4-12(13-7-6-9-15-13)14-11(3)8-10-16-5-2/h6-7,9,11-12,14H,4-5,8,10H2,1-3H3. The fourth-order valence-corrected chi connectivity index (χ4v) is 2.53. The van der Waals surface area contributed by atoms with E-state index < -0.39 is 0 Å². The quantitative estimate of drug-likeness (QED) is 0.700.